The minimum absolute atomic E-state index is 0.0765. The Hall–Kier alpha value is -2.56. The van der Waals surface area contributed by atoms with Gasteiger partial charge in [-0.15, -0.1) is 0 Å². The van der Waals surface area contributed by atoms with Gasteiger partial charge in [0.1, 0.15) is 11.6 Å². The van der Waals surface area contributed by atoms with Crippen LogP contribution in [-0.4, -0.2) is 24.0 Å². The van der Waals surface area contributed by atoms with Crippen molar-refractivity contribution in [2.45, 2.75) is 6.92 Å². The molecular formula is C15H18N4O. The van der Waals surface area contributed by atoms with Crippen molar-refractivity contribution in [1.82, 2.24) is 10.3 Å². The Kier molecular flexibility index (Phi) is 4.55. The van der Waals surface area contributed by atoms with Crippen LogP contribution < -0.4 is 16.4 Å². The lowest BCUT2D eigenvalue weighted by molar-refractivity contribution is 0.0955. The molecule has 20 heavy (non-hydrogen) atoms. The van der Waals surface area contributed by atoms with Crippen LogP contribution >= 0.6 is 0 Å². The lowest BCUT2D eigenvalue weighted by Crippen LogP contribution is -2.28. The fraction of sp³-hybridized carbons (Fsp3) is 0.200. The van der Waals surface area contributed by atoms with E-state index >= 15 is 0 Å². The zero-order valence-corrected chi connectivity index (χ0v) is 11.4. The van der Waals surface area contributed by atoms with Crippen molar-refractivity contribution < 1.29 is 4.79 Å². The van der Waals surface area contributed by atoms with Crippen molar-refractivity contribution in [1.29, 1.82) is 0 Å². The van der Waals surface area contributed by atoms with E-state index in [9.17, 15) is 4.79 Å². The van der Waals surface area contributed by atoms with Gasteiger partial charge in [0.2, 0.25) is 0 Å². The predicted molar refractivity (Wildman–Crippen MR) is 80.7 cm³/mol. The van der Waals surface area contributed by atoms with E-state index in [-0.39, 0.29) is 5.91 Å². The van der Waals surface area contributed by atoms with Crippen molar-refractivity contribution in [3.63, 3.8) is 0 Å². The lowest BCUT2D eigenvalue weighted by Gasteiger charge is -2.08. The van der Waals surface area contributed by atoms with Gasteiger partial charge in [-0.25, -0.2) is 4.98 Å². The maximum absolute atomic E-state index is 11.8. The van der Waals surface area contributed by atoms with Crippen LogP contribution in [0.1, 0.15) is 15.9 Å². The van der Waals surface area contributed by atoms with Gasteiger partial charge in [-0.1, -0.05) is 23.8 Å². The van der Waals surface area contributed by atoms with Crippen LogP contribution in [0.5, 0.6) is 0 Å². The molecule has 0 aliphatic rings. The molecule has 0 aliphatic heterocycles. The number of amides is 1. The molecule has 2 aromatic rings. The number of carbonyl (C=O) groups excluding carboxylic acids is 1. The quantitative estimate of drug-likeness (QED) is 0.724. The number of anilines is 2. The first-order valence-corrected chi connectivity index (χ1v) is 6.46. The van der Waals surface area contributed by atoms with Crippen LogP contribution in [0.2, 0.25) is 0 Å². The number of nitrogens with zero attached hydrogens (tertiary/aromatic N) is 1. The second kappa shape index (κ2) is 6.56. The highest BCUT2D eigenvalue weighted by Gasteiger charge is 2.03. The molecule has 0 saturated carbocycles. The van der Waals surface area contributed by atoms with E-state index in [2.05, 4.69) is 15.6 Å². The maximum Gasteiger partial charge on any atom is 0.251 e. The van der Waals surface area contributed by atoms with Crippen molar-refractivity contribution in [2.75, 3.05) is 24.1 Å². The molecule has 5 heteroatoms. The minimum atomic E-state index is -0.0765. The fourth-order valence-electron chi connectivity index (χ4n) is 1.72. The van der Waals surface area contributed by atoms with Crippen LogP contribution in [0.4, 0.5) is 11.6 Å². The summed E-state index contributed by atoms with van der Waals surface area (Å²) >= 11 is 0. The van der Waals surface area contributed by atoms with E-state index in [1.807, 2.05) is 43.3 Å². The molecular weight excluding hydrogens is 252 g/mol. The Morgan fingerprint density at radius 3 is 2.60 bits per heavy atom. The van der Waals surface area contributed by atoms with E-state index in [1.54, 1.807) is 6.07 Å². The number of benzene rings is 1. The number of hydrogen-bond acceptors (Lipinski definition) is 4. The summed E-state index contributed by atoms with van der Waals surface area (Å²) < 4.78 is 0. The summed E-state index contributed by atoms with van der Waals surface area (Å²) in [6.45, 7) is 3.10. The number of aromatic nitrogens is 1. The summed E-state index contributed by atoms with van der Waals surface area (Å²) in [5, 5.41) is 5.94. The third-order valence-electron chi connectivity index (χ3n) is 2.80. The van der Waals surface area contributed by atoms with Crippen LogP contribution in [0.15, 0.2) is 42.5 Å². The molecule has 0 unspecified atom stereocenters. The molecule has 0 saturated heterocycles. The van der Waals surface area contributed by atoms with Crippen LogP contribution in [0.3, 0.4) is 0 Å². The molecule has 1 aromatic carbocycles. The summed E-state index contributed by atoms with van der Waals surface area (Å²) in [5.41, 5.74) is 7.38. The number of nitrogen functional groups attached to an aromatic ring is 1. The molecule has 0 aliphatic carbocycles. The van der Waals surface area contributed by atoms with Crippen LogP contribution in [0.25, 0.3) is 0 Å². The largest absolute Gasteiger partial charge is 0.384 e. The van der Waals surface area contributed by atoms with Crippen LogP contribution in [-0.2, 0) is 0 Å². The number of aryl methyl sites for hydroxylation is 1. The Morgan fingerprint density at radius 2 is 1.90 bits per heavy atom. The van der Waals surface area contributed by atoms with Gasteiger partial charge in [0, 0.05) is 18.7 Å². The minimum Gasteiger partial charge on any atom is -0.384 e. The predicted octanol–water partition coefficient (Wildman–Crippen LogP) is 1.81. The number of carbonyl (C=O) groups is 1. The van der Waals surface area contributed by atoms with Gasteiger partial charge in [-0.2, -0.15) is 0 Å². The Bertz CT molecular complexity index is 581. The molecule has 104 valence electrons. The lowest BCUT2D eigenvalue weighted by atomic mass is 10.1. The fourth-order valence-corrected chi connectivity index (χ4v) is 1.72. The highest BCUT2D eigenvalue weighted by atomic mass is 16.1. The van der Waals surface area contributed by atoms with Crippen molar-refractivity contribution in [3.05, 3.63) is 53.6 Å². The average molecular weight is 270 g/mol. The summed E-state index contributed by atoms with van der Waals surface area (Å²) in [7, 11) is 0. The molecule has 0 radical (unpaired) electrons. The average Bonchev–Trinajstić information content (AvgIpc) is 2.44. The molecule has 0 atom stereocenters. The first-order valence-electron chi connectivity index (χ1n) is 6.46. The van der Waals surface area contributed by atoms with E-state index in [1.165, 1.54) is 0 Å². The highest BCUT2D eigenvalue weighted by Crippen LogP contribution is 2.05. The van der Waals surface area contributed by atoms with Gasteiger partial charge in [-0.3, -0.25) is 4.79 Å². The molecule has 1 amide bonds. The Balaban J connectivity index is 1.76. The number of nitrogens with two attached hydrogens (primary N) is 1. The normalized spacial score (nSPS) is 10.1. The molecule has 0 spiro atoms. The molecule has 0 bridgehead atoms. The third-order valence-corrected chi connectivity index (χ3v) is 2.80. The van der Waals surface area contributed by atoms with Crippen molar-refractivity contribution in [3.8, 4) is 0 Å². The second-order valence-electron chi connectivity index (χ2n) is 4.50. The van der Waals surface area contributed by atoms with Crippen molar-refractivity contribution in [2.24, 2.45) is 0 Å². The van der Waals surface area contributed by atoms with Gasteiger partial charge in [0.05, 0.1) is 0 Å². The SMILES string of the molecule is Cc1ccc(C(=O)NCCNc2cccc(N)n2)cc1. The zero-order chi connectivity index (χ0) is 14.4. The summed E-state index contributed by atoms with van der Waals surface area (Å²) in [6.07, 6.45) is 0. The van der Waals surface area contributed by atoms with Gasteiger partial charge in [0.25, 0.3) is 5.91 Å². The van der Waals surface area contributed by atoms with E-state index in [4.69, 9.17) is 5.73 Å². The molecule has 5 nitrogen and oxygen atoms in total. The number of nitrogens with one attached hydrogen (secondary N) is 2. The third kappa shape index (κ3) is 3.98. The molecule has 4 N–H and O–H groups in total. The van der Waals surface area contributed by atoms with Gasteiger partial charge < -0.3 is 16.4 Å². The molecule has 2 rings (SSSR count). The smallest absolute Gasteiger partial charge is 0.251 e. The topological polar surface area (TPSA) is 80.0 Å². The number of pyridine rings is 1. The first kappa shape index (κ1) is 13.9. The number of hydrogen-bond donors (Lipinski definition) is 3. The molecule has 0 fully saturated rings. The summed E-state index contributed by atoms with van der Waals surface area (Å²) in [6, 6.07) is 12.9. The van der Waals surface area contributed by atoms with E-state index < -0.39 is 0 Å². The van der Waals surface area contributed by atoms with E-state index in [0.717, 1.165) is 5.56 Å². The Labute approximate surface area is 118 Å². The maximum atomic E-state index is 11.8. The first-order chi connectivity index (χ1) is 9.65. The second-order valence-corrected chi connectivity index (χ2v) is 4.50. The van der Waals surface area contributed by atoms with Gasteiger partial charge in [-0.05, 0) is 31.2 Å². The van der Waals surface area contributed by atoms with Crippen molar-refractivity contribution >= 4 is 17.5 Å². The van der Waals surface area contributed by atoms with Gasteiger partial charge in [0.15, 0.2) is 0 Å². The van der Waals surface area contributed by atoms with E-state index in [0.29, 0.717) is 30.3 Å². The van der Waals surface area contributed by atoms with Gasteiger partial charge >= 0.3 is 0 Å². The highest BCUT2D eigenvalue weighted by molar-refractivity contribution is 5.94. The summed E-state index contributed by atoms with van der Waals surface area (Å²) in [5.74, 6) is 1.10. The molecule has 1 heterocycles. The summed E-state index contributed by atoms with van der Waals surface area (Å²) in [4.78, 5) is 16.0. The molecule has 1 aromatic heterocycles. The number of rotatable bonds is 5. The monoisotopic (exact) mass is 270 g/mol. The zero-order valence-electron chi connectivity index (χ0n) is 11.4. The van der Waals surface area contributed by atoms with Crippen LogP contribution in [0, 0.1) is 6.92 Å². The Morgan fingerprint density at radius 1 is 1.15 bits per heavy atom. The standard InChI is InChI=1S/C15H18N4O/c1-11-5-7-12(8-6-11)15(20)18-10-9-17-14-4-2-3-13(16)19-14/h2-8H,9-10H2,1H3,(H,18,20)(H3,16,17,19).